The van der Waals surface area contributed by atoms with Crippen molar-refractivity contribution < 1.29 is 22.7 Å². The first kappa shape index (κ1) is 17.7. The Balaban J connectivity index is 1.80. The predicted molar refractivity (Wildman–Crippen MR) is 103 cm³/mol. The molecule has 0 aromatic heterocycles. The van der Waals surface area contributed by atoms with Crippen molar-refractivity contribution in [1.29, 1.82) is 0 Å². The van der Waals surface area contributed by atoms with Crippen molar-refractivity contribution in [1.82, 2.24) is 0 Å². The maximum atomic E-state index is 13.3. The first-order valence-electron chi connectivity index (χ1n) is 8.55. The van der Waals surface area contributed by atoms with E-state index >= 15 is 0 Å². The summed E-state index contributed by atoms with van der Waals surface area (Å²) in [6.07, 6.45) is 0. The molecule has 0 radical (unpaired) electrons. The maximum Gasteiger partial charge on any atom is 0.329 e. The van der Waals surface area contributed by atoms with Gasteiger partial charge in [0.1, 0.15) is 11.5 Å². The molecule has 0 N–H and O–H groups in total. The Morgan fingerprint density at radius 2 is 1.52 bits per heavy atom. The zero-order valence-electron chi connectivity index (χ0n) is 15.0. The van der Waals surface area contributed by atoms with E-state index in [2.05, 4.69) is 0 Å². The van der Waals surface area contributed by atoms with Crippen LogP contribution in [0.1, 0.15) is 0 Å². The number of sulfone groups is 1. The van der Waals surface area contributed by atoms with E-state index in [1.807, 2.05) is 6.07 Å². The van der Waals surface area contributed by atoms with Gasteiger partial charge in [0.2, 0.25) is 0 Å². The van der Waals surface area contributed by atoms with Crippen molar-refractivity contribution in [2.24, 2.45) is 0 Å². The van der Waals surface area contributed by atoms with Gasteiger partial charge >= 0.3 is 6.03 Å². The van der Waals surface area contributed by atoms with Gasteiger partial charge in [-0.2, -0.15) is 0 Å². The molecule has 8 heteroatoms. The van der Waals surface area contributed by atoms with Crippen LogP contribution in [0.3, 0.4) is 0 Å². The second-order valence-electron chi connectivity index (χ2n) is 6.60. The van der Waals surface area contributed by atoms with Crippen LogP contribution in [-0.2, 0) is 9.84 Å². The molecule has 4 rings (SSSR count). The van der Waals surface area contributed by atoms with E-state index in [-0.39, 0.29) is 17.5 Å². The topological polar surface area (TPSA) is 76.2 Å². The highest BCUT2D eigenvalue weighted by Gasteiger charge is 2.54. The molecule has 27 heavy (non-hydrogen) atoms. The molecule has 0 saturated carbocycles. The second kappa shape index (κ2) is 6.45. The summed E-state index contributed by atoms with van der Waals surface area (Å²) in [7, 11) is -0.145. The molecule has 2 unspecified atom stereocenters. The van der Waals surface area contributed by atoms with Crippen molar-refractivity contribution in [3.8, 4) is 11.5 Å². The normalized spacial score (nSPS) is 23.4. The fourth-order valence-corrected chi connectivity index (χ4v) is 5.78. The monoisotopic (exact) mass is 388 g/mol. The standard InChI is InChI=1S/C19H20N2O5S/c1-25-14-9-7-13(8-10-14)20-16-11-27(23,24)12-17(16)21(19(20)22)15-5-3-4-6-18(15)26-2/h3-10,16-17H,11-12H2,1-2H3. The van der Waals surface area contributed by atoms with Crippen LogP contribution < -0.4 is 19.3 Å². The van der Waals surface area contributed by atoms with Crippen molar-refractivity contribution in [3.63, 3.8) is 0 Å². The molecule has 7 nitrogen and oxygen atoms in total. The Morgan fingerprint density at radius 3 is 2.15 bits per heavy atom. The van der Waals surface area contributed by atoms with E-state index in [0.717, 1.165) is 0 Å². The number of amides is 2. The number of ether oxygens (including phenoxy) is 2. The van der Waals surface area contributed by atoms with Crippen LogP contribution in [-0.4, -0.2) is 52.3 Å². The predicted octanol–water partition coefficient (Wildman–Crippen LogP) is 2.32. The van der Waals surface area contributed by atoms with E-state index in [4.69, 9.17) is 9.47 Å². The highest BCUT2D eigenvalue weighted by molar-refractivity contribution is 7.91. The molecule has 142 valence electrons. The van der Waals surface area contributed by atoms with Gasteiger partial charge in [-0.15, -0.1) is 0 Å². The number of urea groups is 1. The average Bonchev–Trinajstić information content (AvgIpc) is 3.10. The molecule has 2 saturated heterocycles. The fourth-order valence-electron chi connectivity index (χ4n) is 3.86. The van der Waals surface area contributed by atoms with E-state index in [1.165, 1.54) is 7.11 Å². The van der Waals surface area contributed by atoms with Crippen LogP contribution in [0.25, 0.3) is 0 Å². The van der Waals surface area contributed by atoms with Crippen molar-refractivity contribution in [3.05, 3.63) is 48.5 Å². The number of carbonyl (C=O) groups is 1. The summed E-state index contributed by atoms with van der Waals surface area (Å²) < 4.78 is 35.3. The Labute approximate surface area is 158 Å². The number of para-hydroxylation sites is 2. The molecule has 0 aliphatic carbocycles. The van der Waals surface area contributed by atoms with Gasteiger partial charge in [0.25, 0.3) is 0 Å². The molecule has 2 aliphatic heterocycles. The number of hydrogen-bond acceptors (Lipinski definition) is 5. The minimum absolute atomic E-state index is 0.0545. The van der Waals surface area contributed by atoms with Gasteiger partial charge in [0.15, 0.2) is 9.84 Å². The van der Waals surface area contributed by atoms with Gasteiger partial charge in [-0.25, -0.2) is 13.2 Å². The third-order valence-electron chi connectivity index (χ3n) is 5.06. The number of benzene rings is 2. The SMILES string of the molecule is COc1ccc(N2C(=O)N(c3ccccc3OC)C3CS(=O)(=O)CC32)cc1. The van der Waals surface area contributed by atoms with Crippen LogP contribution in [0.5, 0.6) is 11.5 Å². The lowest BCUT2D eigenvalue weighted by Gasteiger charge is -2.24. The largest absolute Gasteiger partial charge is 0.497 e. The molecular weight excluding hydrogens is 368 g/mol. The van der Waals surface area contributed by atoms with Crippen LogP contribution in [0.15, 0.2) is 48.5 Å². The third kappa shape index (κ3) is 2.90. The van der Waals surface area contributed by atoms with Crippen molar-refractivity contribution >= 4 is 27.2 Å². The van der Waals surface area contributed by atoms with Crippen LogP contribution in [0.4, 0.5) is 16.2 Å². The number of anilines is 2. The average molecular weight is 388 g/mol. The van der Waals surface area contributed by atoms with E-state index in [1.54, 1.807) is 59.4 Å². The lowest BCUT2D eigenvalue weighted by Crippen LogP contribution is -2.38. The summed E-state index contributed by atoms with van der Waals surface area (Å²) in [4.78, 5) is 16.4. The summed E-state index contributed by atoms with van der Waals surface area (Å²) in [6, 6.07) is 13.0. The minimum atomic E-state index is -3.24. The first-order chi connectivity index (χ1) is 12.9. The zero-order valence-corrected chi connectivity index (χ0v) is 15.8. The molecule has 2 heterocycles. The highest BCUT2D eigenvalue weighted by atomic mass is 32.2. The van der Waals surface area contributed by atoms with Gasteiger partial charge in [-0.1, -0.05) is 12.1 Å². The lowest BCUT2D eigenvalue weighted by atomic mass is 10.1. The molecule has 0 spiro atoms. The van der Waals surface area contributed by atoms with E-state index in [9.17, 15) is 13.2 Å². The highest BCUT2D eigenvalue weighted by Crippen LogP contribution is 2.41. The molecule has 2 amide bonds. The zero-order chi connectivity index (χ0) is 19.2. The van der Waals surface area contributed by atoms with Gasteiger partial charge in [-0.05, 0) is 36.4 Å². The molecule has 2 aromatic carbocycles. The molecule has 2 aromatic rings. The van der Waals surface area contributed by atoms with E-state index < -0.39 is 21.9 Å². The molecule has 0 bridgehead atoms. The van der Waals surface area contributed by atoms with E-state index in [0.29, 0.717) is 22.9 Å². The van der Waals surface area contributed by atoms with Crippen LogP contribution in [0, 0.1) is 0 Å². The number of methoxy groups -OCH3 is 2. The summed E-state index contributed by atoms with van der Waals surface area (Å²) >= 11 is 0. The Kier molecular flexibility index (Phi) is 4.22. The number of fused-ring (bicyclic) bond motifs is 1. The maximum absolute atomic E-state index is 13.3. The van der Waals surface area contributed by atoms with Gasteiger partial charge in [0, 0.05) is 5.69 Å². The number of rotatable bonds is 4. The van der Waals surface area contributed by atoms with Crippen LogP contribution in [0.2, 0.25) is 0 Å². The summed E-state index contributed by atoms with van der Waals surface area (Å²) in [5, 5.41) is 0. The lowest BCUT2D eigenvalue weighted by molar-refractivity contribution is 0.255. The number of nitrogens with zero attached hydrogens (tertiary/aromatic N) is 2. The summed E-state index contributed by atoms with van der Waals surface area (Å²) in [5.41, 5.74) is 1.22. The Bertz CT molecular complexity index is 974. The van der Waals surface area contributed by atoms with Gasteiger partial charge in [0.05, 0.1) is 43.5 Å². The Morgan fingerprint density at radius 1 is 0.889 bits per heavy atom. The van der Waals surface area contributed by atoms with Crippen molar-refractivity contribution in [2.45, 2.75) is 12.1 Å². The summed E-state index contributed by atoms with van der Waals surface area (Å²) in [5.74, 6) is 1.09. The number of carbonyl (C=O) groups excluding carboxylic acids is 1. The molecule has 2 atom stereocenters. The minimum Gasteiger partial charge on any atom is -0.497 e. The molecular formula is C19H20N2O5S. The van der Waals surface area contributed by atoms with Crippen LogP contribution >= 0.6 is 0 Å². The molecule has 2 fully saturated rings. The fraction of sp³-hybridized carbons (Fsp3) is 0.316. The molecule has 2 aliphatic rings. The third-order valence-corrected chi connectivity index (χ3v) is 6.76. The van der Waals surface area contributed by atoms with Crippen molar-refractivity contribution in [2.75, 3.05) is 35.5 Å². The first-order valence-corrected chi connectivity index (χ1v) is 10.4. The summed E-state index contributed by atoms with van der Waals surface area (Å²) in [6.45, 7) is 0. The quantitative estimate of drug-likeness (QED) is 0.752. The smallest absolute Gasteiger partial charge is 0.329 e. The van der Waals surface area contributed by atoms with Gasteiger partial charge in [-0.3, -0.25) is 9.80 Å². The van der Waals surface area contributed by atoms with Gasteiger partial charge < -0.3 is 9.47 Å². The second-order valence-corrected chi connectivity index (χ2v) is 8.76. The number of hydrogen-bond donors (Lipinski definition) is 0. The Hall–Kier alpha value is -2.74.